The summed E-state index contributed by atoms with van der Waals surface area (Å²) in [5, 5.41) is 2.89. The molecule has 2 atom stereocenters. The summed E-state index contributed by atoms with van der Waals surface area (Å²) in [4.78, 5) is 12.3. The van der Waals surface area contributed by atoms with Crippen molar-refractivity contribution >= 4 is 5.91 Å². The Morgan fingerprint density at radius 1 is 1.47 bits per heavy atom. The molecule has 0 aromatic carbocycles. The maximum Gasteiger partial charge on any atom is 0.240 e. The number of nitrogens with one attached hydrogen (secondary N) is 1. The van der Waals surface area contributed by atoms with E-state index in [1.807, 2.05) is 34.6 Å². The molecule has 1 aliphatic rings. The summed E-state index contributed by atoms with van der Waals surface area (Å²) in [6, 6.07) is 0. The molecule has 0 heterocycles. The van der Waals surface area contributed by atoms with Crippen molar-refractivity contribution in [3.8, 4) is 0 Å². The Bertz CT molecular complexity index is 342. The van der Waals surface area contributed by atoms with Crippen molar-refractivity contribution in [3.05, 3.63) is 0 Å². The van der Waals surface area contributed by atoms with Gasteiger partial charge in [-0.3, -0.25) is 4.79 Å². The van der Waals surface area contributed by atoms with Gasteiger partial charge in [0.1, 0.15) is 5.54 Å². The molecule has 0 saturated heterocycles. The van der Waals surface area contributed by atoms with Gasteiger partial charge in [-0.1, -0.05) is 13.8 Å². The first kappa shape index (κ1) is 16.4. The molecule has 1 fully saturated rings. The quantitative estimate of drug-likeness (QED) is 0.758. The Balaban J connectivity index is 2.63. The summed E-state index contributed by atoms with van der Waals surface area (Å²) >= 11 is 0. The van der Waals surface area contributed by atoms with Gasteiger partial charge in [-0.05, 0) is 20.8 Å². The Morgan fingerprint density at radius 2 is 2.05 bits per heavy atom. The van der Waals surface area contributed by atoms with Crippen LogP contribution in [0.25, 0.3) is 0 Å². The lowest BCUT2D eigenvalue weighted by Gasteiger charge is -2.57. The second-order valence-electron chi connectivity index (χ2n) is 6.49. The van der Waals surface area contributed by atoms with Crippen LogP contribution in [0.15, 0.2) is 0 Å². The van der Waals surface area contributed by atoms with Crippen LogP contribution in [0, 0.1) is 5.41 Å². The Morgan fingerprint density at radius 3 is 2.47 bits per heavy atom. The number of hydrogen-bond donors (Lipinski definition) is 2. The van der Waals surface area contributed by atoms with E-state index >= 15 is 0 Å². The second-order valence-corrected chi connectivity index (χ2v) is 6.49. The maximum absolute atomic E-state index is 12.3. The molecule has 19 heavy (non-hydrogen) atoms. The number of ether oxygens (including phenoxy) is 2. The fraction of sp³-hybridized carbons (Fsp3) is 0.929. The van der Waals surface area contributed by atoms with E-state index < -0.39 is 5.54 Å². The Hall–Kier alpha value is -0.650. The van der Waals surface area contributed by atoms with Crippen molar-refractivity contribution in [1.29, 1.82) is 0 Å². The normalized spacial score (nSPS) is 29.7. The molecular formula is C14H28N2O3. The van der Waals surface area contributed by atoms with Crippen LogP contribution in [0.1, 0.15) is 41.0 Å². The van der Waals surface area contributed by atoms with Gasteiger partial charge in [0.2, 0.25) is 5.91 Å². The zero-order valence-corrected chi connectivity index (χ0v) is 13.0. The molecule has 0 bridgehead atoms. The molecule has 1 amide bonds. The van der Waals surface area contributed by atoms with E-state index in [1.165, 1.54) is 0 Å². The molecule has 112 valence electrons. The predicted molar refractivity (Wildman–Crippen MR) is 74.8 cm³/mol. The molecule has 1 saturated carbocycles. The van der Waals surface area contributed by atoms with Gasteiger partial charge in [-0.15, -0.1) is 0 Å². The summed E-state index contributed by atoms with van der Waals surface area (Å²) in [7, 11) is 1.63. The largest absolute Gasteiger partial charge is 0.378 e. The maximum atomic E-state index is 12.3. The van der Waals surface area contributed by atoms with Crippen LogP contribution in [-0.2, 0) is 14.3 Å². The molecule has 1 aliphatic carbocycles. The summed E-state index contributed by atoms with van der Waals surface area (Å²) in [5.41, 5.74) is 4.67. The minimum atomic E-state index is -0.864. The van der Waals surface area contributed by atoms with Crippen molar-refractivity contribution in [2.75, 3.05) is 20.3 Å². The molecule has 5 nitrogen and oxygen atoms in total. The summed E-state index contributed by atoms with van der Waals surface area (Å²) in [5.74, 6) is -0.126. The van der Waals surface area contributed by atoms with Crippen molar-refractivity contribution in [2.24, 2.45) is 11.1 Å². The van der Waals surface area contributed by atoms with E-state index in [0.717, 1.165) is 0 Å². The summed E-state index contributed by atoms with van der Waals surface area (Å²) < 4.78 is 10.9. The van der Waals surface area contributed by atoms with E-state index in [-0.39, 0.29) is 23.0 Å². The van der Waals surface area contributed by atoms with Crippen LogP contribution in [0.2, 0.25) is 0 Å². The van der Waals surface area contributed by atoms with Gasteiger partial charge in [0.25, 0.3) is 0 Å². The van der Waals surface area contributed by atoms with Gasteiger partial charge in [0.05, 0.1) is 11.7 Å². The molecule has 5 heteroatoms. The van der Waals surface area contributed by atoms with E-state index in [1.54, 1.807) is 7.11 Å². The third-order valence-electron chi connectivity index (χ3n) is 4.46. The highest BCUT2D eigenvalue weighted by Gasteiger charge is 2.62. The van der Waals surface area contributed by atoms with Crippen molar-refractivity contribution in [2.45, 2.75) is 58.3 Å². The van der Waals surface area contributed by atoms with Gasteiger partial charge in [0, 0.05) is 32.1 Å². The second kappa shape index (κ2) is 5.38. The van der Waals surface area contributed by atoms with Crippen molar-refractivity contribution in [1.82, 2.24) is 5.32 Å². The molecule has 0 aromatic heterocycles. The highest BCUT2D eigenvalue weighted by molar-refractivity contribution is 5.88. The van der Waals surface area contributed by atoms with E-state index in [9.17, 15) is 4.79 Å². The number of nitrogens with two attached hydrogens (primary N) is 1. The van der Waals surface area contributed by atoms with E-state index in [2.05, 4.69) is 5.32 Å². The average molecular weight is 272 g/mol. The fourth-order valence-electron chi connectivity index (χ4n) is 2.34. The number of methoxy groups -OCH3 is 1. The monoisotopic (exact) mass is 272 g/mol. The first-order valence-electron chi connectivity index (χ1n) is 6.84. The standard InChI is InChI=1S/C14H28N2O3/c1-7-19-10-8-14(15,13(10,4)5)11(17)16-9-12(2,3)18-6/h10H,7-9,15H2,1-6H3,(H,16,17). The number of rotatable bonds is 6. The zero-order chi connectivity index (χ0) is 14.9. The average Bonchev–Trinajstić information content (AvgIpc) is 2.35. The third kappa shape index (κ3) is 2.93. The van der Waals surface area contributed by atoms with Gasteiger partial charge in [-0.25, -0.2) is 0 Å². The molecule has 0 radical (unpaired) electrons. The number of carbonyl (C=O) groups is 1. The van der Waals surface area contributed by atoms with Crippen LogP contribution < -0.4 is 11.1 Å². The summed E-state index contributed by atoms with van der Waals surface area (Å²) in [6.07, 6.45) is 0.608. The molecule has 3 N–H and O–H groups in total. The topological polar surface area (TPSA) is 73.6 Å². The van der Waals surface area contributed by atoms with Crippen LogP contribution in [0.5, 0.6) is 0 Å². The van der Waals surface area contributed by atoms with Gasteiger partial charge < -0.3 is 20.5 Å². The number of amides is 1. The summed E-state index contributed by atoms with van der Waals surface area (Å²) in [6.45, 7) is 10.8. The minimum absolute atomic E-state index is 0.0451. The first-order chi connectivity index (χ1) is 8.60. The smallest absolute Gasteiger partial charge is 0.240 e. The van der Waals surface area contributed by atoms with Crippen molar-refractivity contribution < 1.29 is 14.3 Å². The van der Waals surface area contributed by atoms with Gasteiger partial charge in [0.15, 0.2) is 0 Å². The lowest BCUT2D eigenvalue weighted by molar-refractivity contribution is -0.171. The molecule has 0 aliphatic heterocycles. The van der Waals surface area contributed by atoms with Crippen LogP contribution in [0.3, 0.4) is 0 Å². The molecule has 0 aromatic rings. The van der Waals surface area contributed by atoms with E-state index in [4.69, 9.17) is 15.2 Å². The predicted octanol–water partition coefficient (Wildman–Crippen LogP) is 1.06. The highest BCUT2D eigenvalue weighted by atomic mass is 16.5. The third-order valence-corrected chi connectivity index (χ3v) is 4.46. The lowest BCUT2D eigenvalue weighted by atomic mass is 9.54. The van der Waals surface area contributed by atoms with Gasteiger partial charge >= 0.3 is 0 Å². The Labute approximate surface area is 116 Å². The zero-order valence-electron chi connectivity index (χ0n) is 13.0. The SMILES string of the molecule is CCOC1CC(N)(C(=O)NCC(C)(C)OC)C1(C)C. The number of carbonyl (C=O) groups excluding carboxylic acids is 1. The Kier molecular flexibility index (Phi) is 4.65. The lowest BCUT2D eigenvalue weighted by Crippen LogP contribution is -2.76. The molecule has 2 unspecified atom stereocenters. The van der Waals surface area contributed by atoms with Gasteiger partial charge in [-0.2, -0.15) is 0 Å². The fourth-order valence-corrected chi connectivity index (χ4v) is 2.34. The molecule has 0 spiro atoms. The highest BCUT2D eigenvalue weighted by Crippen LogP contribution is 2.49. The van der Waals surface area contributed by atoms with E-state index in [0.29, 0.717) is 19.6 Å². The molecule has 1 rings (SSSR count). The molecular weight excluding hydrogens is 244 g/mol. The number of hydrogen-bond acceptors (Lipinski definition) is 4. The van der Waals surface area contributed by atoms with Crippen LogP contribution in [0.4, 0.5) is 0 Å². The van der Waals surface area contributed by atoms with Crippen LogP contribution in [-0.4, -0.2) is 43.4 Å². The van der Waals surface area contributed by atoms with Crippen LogP contribution >= 0.6 is 0 Å². The van der Waals surface area contributed by atoms with Crippen molar-refractivity contribution in [3.63, 3.8) is 0 Å². The minimum Gasteiger partial charge on any atom is -0.378 e. The first-order valence-corrected chi connectivity index (χ1v) is 6.84.